The number of ether oxygens (including phenoxy) is 1. The van der Waals surface area contributed by atoms with Crippen LogP contribution < -0.4 is 15.5 Å². The Kier molecular flexibility index (Phi) is 7.43. The van der Waals surface area contributed by atoms with Crippen molar-refractivity contribution in [3.05, 3.63) is 79.6 Å². The number of carbonyl (C=O) groups excluding carboxylic acids is 2. The molecule has 2 N–H and O–H groups in total. The Hall–Kier alpha value is -3.06. The molecule has 37 heavy (non-hydrogen) atoms. The van der Waals surface area contributed by atoms with Gasteiger partial charge in [-0.25, -0.2) is 4.79 Å². The average molecular weight is 573 g/mol. The fraction of sp³-hybridized carbons (Fsp3) is 0.200. The molecule has 1 fully saturated rings. The number of carbonyl (C=O) groups is 3. The largest absolute Gasteiger partial charge is 0.497 e. The molecule has 0 bridgehead atoms. The van der Waals surface area contributed by atoms with Crippen molar-refractivity contribution in [2.24, 2.45) is 0 Å². The number of nitrogens with zero attached hydrogens (tertiary/aromatic N) is 1. The molecule has 1 aromatic carbocycles. The van der Waals surface area contributed by atoms with Crippen LogP contribution >= 0.6 is 46.2 Å². The van der Waals surface area contributed by atoms with E-state index in [2.05, 4.69) is 5.32 Å². The summed E-state index contributed by atoms with van der Waals surface area (Å²) in [4.78, 5) is 51.9. The molecule has 2 amide bonds. The predicted octanol–water partition coefficient (Wildman–Crippen LogP) is 3.92. The molecule has 5 rings (SSSR count). The number of thiophene rings is 1. The summed E-state index contributed by atoms with van der Waals surface area (Å²) in [6.45, 7) is 0. The summed E-state index contributed by atoms with van der Waals surface area (Å²) in [5, 5.41) is 16.4. The van der Waals surface area contributed by atoms with Crippen LogP contribution in [0.3, 0.4) is 0 Å². The Morgan fingerprint density at radius 3 is 2.84 bits per heavy atom. The number of carboxylic acid groups (broad SMARTS) is 1. The second-order valence-electron chi connectivity index (χ2n) is 8.10. The molecule has 0 saturated carbocycles. The molecule has 0 radical (unpaired) electrons. The first kappa shape index (κ1) is 25.6. The van der Waals surface area contributed by atoms with Crippen LogP contribution in [0.4, 0.5) is 0 Å². The van der Waals surface area contributed by atoms with Crippen LogP contribution in [0.1, 0.15) is 4.88 Å². The van der Waals surface area contributed by atoms with Crippen molar-refractivity contribution in [1.82, 2.24) is 10.2 Å². The summed E-state index contributed by atoms with van der Waals surface area (Å²) >= 11 is 5.61. The van der Waals surface area contributed by atoms with Crippen molar-refractivity contribution in [3.8, 4) is 5.75 Å². The van der Waals surface area contributed by atoms with Crippen LogP contribution in [-0.2, 0) is 20.8 Å². The number of carboxylic acids is 1. The van der Waals surface area contributed by atoms with Gasteiger partial charge in [0.15, 0.2) is 5.43 Å². The number of hydrogen-bond donors (Lipinski definition) is 2. The van der Waals surface area contributed by atoms with Crippen LogP contribution in [0.5, 0.6) is 5.75 Å². The average Bonchev–Trinajstić information content (AvgIpc) is 3.39. The monoisotopic (exact) mass is 572 g/mol. The minimum absolute atomic E-state index is 0.0780. The molecule has 2 aliphatic rings. The standard InChI is InChI=1S/C25H20N2O6S4/c1-33-14-4-5-16-17(28)11-20(37-18(16)9-14)35-8-6-13-12-36-24-21(23(30)27(24)22(13)25(31)32)26-19(29)10-15-3-2-7-34-15/h2-9,11,21,24H,10,12H2,1H3,(H,26,29)(H,31,32)/b8-6+. The van der Waals surface area contributed by atoms with Crippen molar-refractivity contribution < 1.29 is 24.2 Å². The van der Waals surface area contributed by atoms with Gasteiger partial charge in [0.1, 0.15) is 22.9 Å². The van der Waals surface area contributed by atoms with E-state index in [-0.39, 0.29) is 23.5 Å². The summed E-state index contributed by atoms with van der Waals surface area (Å²) in [6, 6.07) is 9.79. The van der Waals surface area contributed by atoms with E-state index in [0.717, 1.165) is 13.8 Å². The number of β-lactam (4-membered cyclic amide) rings is 1. The highest BCUT2D eigenvalue weighted by molar-refractivity contribution is 8.04. The smallest absolute Gasteiger partial charge is 0.352 e. The zero-order valence-electron chi connectivity index (χ0n) is 19.3. The topological polar surface area (TPSA) is 113 Å². The van der Waals surface area contributed by atoms with Gasteiger partial charge in [-0.2, -0.15) is 0 Å². The fourth-order valence-corrected chi connectivity index (χ4v) is 8.08. The second kappa shape index (κ2) is 10.7. The van der Waals surface area contributed by atoms with Gasteiger partial charge in [-0.3, -0.25) is 19.3 Å². The van der Waals surface area contributed by atoms with Crippen LogP contribution in [0, 0.1) is 0 Å². The van der Waals surface area contributed by atoms with E-state index in [1.165, 1.54) is 51.1 Å². The zero-order valence-corrected chi connectivity index (χ0v) is 22.6. The zero-order chi connectivity index (χ0) is 26.1. The third kappa shape index (κ3) is 5.19. The maximum absolute atomic E-state index is 12.8. The maximum atomic E-state index is 12.8. The van der Waals surface area contributed by atoms with Gasteiger partial charge in [0.25, 0.3) is 5.91 Å². The van der Waals surface area contributed by atoms with E-state index in [4.69, 9.17) is 4.74 Å². The van der Waals surface area contributed by atoms with Crippen molar-refractivity contribution in [2.75, 3.05) is 12.9 Å². The van der Waals surface area contributed by atoms with Crippen LogP contribution in [0.25, 0.3) is 10.1 Å². The lowest BCUT2D eigenvalue weighted by Crippen LogP contribution is -2.70. The molecule has 0 aliphatic carbocycles. The van der Waals surface area contributed by atoms with E-state index < -0.39 is 23.3 Å². The van der Waals surface area contributed by atoms with E-state index in [1.54, 1.807) is 36.8 Å². The molecule has 2 aromatic heterocycles. The molecule has 4 heterocycles. The van der Waals surface area contributed by atoms with Gasteiger partial charge in [0.2, 0.25) is 5.91 Å². The van der Waals surface area contributed by atoms with E-state index in [9.17, 15) is 24.3 Å². The van der Waals surface area contributed by atoms with Crippen molar-refractivity contribution >= 4 is 74.1 Å². The fourth-order valence-electron chi connectivity index (χ4n) is 4.05. The number of allylic oxidation sites excluding steroid dienone is 1. The minimum atomic E-state index is -1.20. The number of hydrogen-bond acceptors (Lipinski definition) is 9. The number of amides is 2. The minimum Gasteiger partial charge on any atom is -0.497 e. The number of fused-ring (bicyclic) bond motifs is 2. The third-order valence-corrected chi connectivity index (χ3v) is 10.0. The second-order valence-corrected chi connectivity index (χ2v) is 12.5. The van der Waals surface area contributed by atoms with E-state index >= 15 is 0 Å². The number of rotatable bonds is 8. The molecule has 190 valence electrons. The number of aliphatic carboxylic acids is 1. The highest BCUT2D eigenvalue weighted by Gasteiger charge is 2.53. The SMILES string of the molecule is COc1ccc2c(=O)cc(S/C=C/C3=C(C(=O)O)N4C(=O)C(NC(=O)Cc5cccs5)C4SC3)sc2c1. The summed E-state index contributed by atoms with van der Waals surface area (Å²) < 4.78 is 6.79. The molecule has 3 aromatic rings. The molecule has 2 aliphatic heterocycles. The quantitative estimate of drug-likeness (QED) is 0.309. The Balaban J connectivity index is 1.30. The third-order valence-electron chi connectivity index (χ3n) is 5.80. The van der Waals surface area contributed by atoms with Gasteiger partial charge in [0.05, 0.1) is 17.7 Å². The number of thioether (sulfide) groups is 2. The first-order valence-electron chi connectivity index (χ1n) is 11.0. The molecular formula is C25H20N2O6S4. The molecule has 12 heteroatoms. The lowest BCUT2D eigenvalue weighted by atomic mass is 10.0. The Labute approximate surface area is 228 Å². The van der Waals surface area contributed by atoms with E-state index in [0.29, 0.717) is 22.5 Å². The summed E-state index contributed by atoms with van der Waals surface area (Å²) in [7, 11) is 1.57. The van der Waals surface area contributed by atoms with Crippen molar-refractivity contribution in [3.63, 3.8) is 0 Å². The van der Waals surface area contributed by atoms with Crippen molar-refractivity contribution in [1.29, 1.82) is 0 Å². The molecule has 2 atom stereocenters. The lowest BCUT2D eigenvalue weighted by molar-refractivity contribution is -0.150. The Bertz CT molecular complexity index is 1510. The Morgan fingerprint density at radius 2 is 2.11 bits per heavy atom. The van der Waals surface area contributed by atoms with Crippen LogP contribution in [0.2, 0.25) is 0 Å². The van der Waals surface area contributed by atoms with Gasteiger partial charge < -0.3 is 15.2 Å². The summed E-state index contributed by atoms with van der Waals surface area (Å²) in [5.41, 5.74) is 0.311. The number of methoxy groups -OCH3 is 1. The normalized spacial score (nSPS) is 19.2. The van der Waals surface area contributed by atoms with Gasteiger partial charge in [-0.1, -0.05) is 17.8 Å². The molecule has 0 spiro atoms. The van der Waals surface area contributed by atoms with Gasteiger partial charge >= 0.3 is 5.97 Å². The first-order chi connectivity index (χ1) is 17.9. The maximum Gasteiger partial charge on any atom is 0.352 e. The van der Waals surface area contributed by atoms with Gasteiger partial charge in [-0.15, -0.1) is 34.4 Å². The van der Waals surface area contributed by atoms with Crippen molar-refractivity contribution in [2.45, 2.75) is 22.0 Å². The molecule has 1 saturated heterocycles. The van der Waals surface area contributed by atoms with Gasteiger partial charge in [-0.05, 0) is 46.7 Å². The lowest BCUT2D eigenvalue weighted by Gasteiger charge is -2.49. The van der Waals surface area contributed by atoms with E-state index in [1.807, 2.05) is 23.6 Å². The highest BCUT2D eigenvalue weighted by Crippen LogP contribution is 2.41. The summed E-state index contributed by atoms with van der Waals surface area (Å²) in [5.74, 6) is -0.874. The molecule has 8 nitrogen and oxygen atoms in total. The summed E-state index contributed by atoms with van der Waals surface area (Å²) in [6.07, 6.45) is 1.85. The predicted molar refractivity (Wildman–Crippen MR) is 147 cm³/mol. The van der Waals surface area contributed by atoms with Gasteiger partial charge in [0, 0.05) is 26.8 Å². The first-order valence-corrected chi connectivity index (χ1v) is 14.7. The van der Waals surface area contributed by atoms with Crippen LogP contribution in [-0.4, -0.2) is 52.1 Å². The number of nitrogens with one attached hydrogen (secondary N) is 1. The molecular weight excluding hydrogens is 553 g/mol. The number of benzene rings is 1. The molecule has 2 unspecified atom stereocenters. The van der Waals surface area contributed by atoms with Crippen LogP contribution in [0.15, 0.2) is 73.5 Å². The Morgan fingerprint density at radius 1 is 1.27 bits per heavy atom. The highest BCUT2D eigenvalue weighted by atomic mass is 32.2.